The average molecular weight is 302 g/mol. The van der Waals surface area contributed by atoms with Gasteiger partial charge in [-0.3, -0.25) is 0 Å². The normalized spacial score (nSPS) is 13.9. The van der Waals surface area contributed by atoms with Gasteiger partial charge in [0.15, 0.2) is 0 Å². The number of hydrogen-bond donors (Lipinski definition) is 1. The summed E-state index contributed by atoms with van der Waals surface area (Å²) in [6.45, 7) is 6.56. The van der Waals surface area contributed by atoms with Gasteiger partial charge in [0, 0.05) is 17.1 Å². The maximum Gasteiger partial charge on any atom is 0.0453 e. The lowest BCUT2D eigenvalue weighted by molar-refractivity contribution is 0.495. The van der Waals surface area contributed by atoms with Gasteiger partial charge in [-0.15, -0.1) is 0 Å². The van der Waals surface area contributed by atoms with Crippen molar-refractivity contribution in [3.8, 4) is 0 Å². The summed E-state index contributed by atoms with van der Waals surface area (Å²) < 4.78 is 0. The van der Waals surface area contributed by atoms with Gasteiger partial charge in [0.2, 0.25) is 0 Å². The molecule has 2 aromatic rings. The Bertz CT molecular complexity index is 562. The highest BCUT2D eigenvalue weighted by molar-refractivity contribution is 6.31. The number of nitrogens with one attached hydrogen (secondary N) is 1. The number of aryl methyl sites for hydroxylation is 1. The summed E-state index contributed by atoms with van der Waals surface area (Å²) in [6.07, 6.45) is 2.34. The van der Waals surface area contributed by atoms with Crippen LogP contribution in [0.5, 0.6) is 0 Å². The quantitative estimate of drug-likeness (QED) is 0.721. The first-order chi connectivity index (χ1) is 10.1. The van der Waals surface area contributed by atoms with Gasteiger partial charge in [0.25, 0.3) is 0 Å². The van der Waals surface area contributed by atoms with Gasteiger partial charge in [0.05, 0.1) is 0 Å². The van der Waals surface area contributed by atoms with Crippen molar-refractivity contribution in [2.24, 2.45) is 0 Å². The molecule has 0 bridgehead atoms. The molecule has 0 saturated carbocycles. The zero-order valence-electron chi connectivity index (χ0n) is 13.1. The summed E-state index contributed by atoms with van der Waals surface area (Å²) in [5.41, 5.74) is 3.87. The van der Waals surface area contributed by atoms with Gasteiger partial charge < -0.3 is 5.32 Å². The molecule has 0 aliphatic heterocycles. The van der Waals surface area contributed by atoms with Crippen LogP contribution >= 0.6 is 11.6 Å². The molecule has 0 heterocycles. The predicted octanol–water partition coefficient (Wildman–Crippen LogP) is 5.70. The Hall–Kier alpha value is -1.31. The molecule has 2 atom stereocenters. The zero-order valence-corrected chi connectivity index (χ0v) is 13.8. The summed E-state index contributed by atoms with van der Waals surface area (Å²) in [5.74, 6) is 0. The topological polar surface area (TPSA) is 12.0 Å². The maximum atomic E-state index is 6.26. The maximum absolute atomic E-state index is 6.26. The molecule has 21 heavy (non-hydrogen) atoms. The van der Waals surface area contributed by atoms with Gasteiger partial charge in [-0.25, -0.2) is 0 Å². The van der Waals surface area contributed by atoms with Crippen molar-refractivity contribution < 1.29 is 0 Å². The van der Waals surface area contributed by atoms with E-state index in [1.54, 1.807) is 0 Å². The van der Waals surface area contributed by atoms with E-state index in [1.807, 2.05) is 18.2 Å². The molecular weight excluding hydrogens is 278 g/mol. The Kier molecular flexibility index (Phi) is 5.84. The Balaban J connectivity index is 2.03. The minimum absolute atomic E-state index is 0.226. The first kappa shape index (κ1) is 16.1. The second kappa shape index (κ2) is 7.63. The first-order valence-corrected chi connectivity index (χ1v) is 8.09. The molecule has 0 fully saturated rings. The molecule has 0 aromatic heterocycles. The van der Waals surface area contributed by atoms with Gasteiger partial charge >= 0.3 is 0 Å². The fourth-order valence-corrected chi connectivity index (χ4v) is 2.95. The highest BCUT2D eigenvalue weighted by Crippen LogP contribution is 2.25. The zero-order chi connectivity index (χ0) is 15.2. The van der Waals surface area contributed by atoms with E-state index in [2.05, 4.69) is 56.4 Å². The van der Waals surface area contributed by atoms with E-state index in [0.717, 1.165) is 17.0 Å². The van der Waals surface area contributed by atoms with Crippen LogP contribution in [0.3, 0.4) is 0 Å². The van der Waals surface area contributed by atoms with Crippen molar-refractivity contribution in [2.75, 3.05) is 0 Å². The van der Waals surface area contributed by atoms with Crippen molar-refractivity contribution in [1.82, 2.24) is 5.32 Å². The predicted molar refractivity (Wildman–Crippen MR) is 91.9 cm³/mol. The lowest BCUT2D eigenvalue weighted by atomic mass is 10.0. The van der Waals surface area contributed by atoms with Crippen LogP contribution in [0, 0.1) is 0 Å². The van der Waals surface area contributed by atoms with Gasteiger partial charge in [-0.05, 0) is 43.0 Å². The van der Waals surface area contributed by atoms with E-state index in [0.29, 0.717) is 6.04 Å². The fraction of sp³-hybridized carbons (Fsp3) is 0.368. The SMILES string of the molecule is CCCc1ccc(C(C)NC(C)c2ccccc2Cl)cc1. The number of hydrogen-bond acceptors (Lipinski definition) is 1. The smallest absolute Gasteiger partial charge is 0.0453 e. The van der Waals surface area contributed by atoms with E-state index >= 15 is 0 Å². The van der Waals surface area contributed by atoms with Crippen LogP contribution in [-0.4, -0.2) is 0 Å². The lowest BCUT2D eigenvalue weighted by Gasteiger charge is -2.21. The molecular formula is C19H24ClN. The molecule has 2 rings (SSSR count). The van der Waals surface area contributed by atoms with Crippen LogP contribution in [0.1, 0.15) is 56.0 Å². The third-order valence-corrected chi connectivity index (χ3v) is 4.23. The molecule has 0 radical (unpaired) electrons. The van der Waals surface area contributed by atoms with Crippen molar-refractivity contribution >= 4 is 11.6 Å². The third kappa shape index (κ3) is 4.33. The standard InChI is InChI=1S/C19H24ClN/c1-4-7-16-10-12-17(13-11-16)14(2)21-15(3)18-8-5-6-9-19(18)20/h5-6,8-15,21H,4,7H2,1-3H3. The summed E-state index contributed by atoms with van der Waals surface area (Å²) >= 11 is 6.26. The van der Waals surface area contributed by atoms with Gasteiger partial charge in [0.1, 0.15) is 0 Å². The van der Waals surface area contributed by atoms with Crippen LogP contribution in [0.4, 0.5) is 0 Å². The number of halogens is 1. The Morgan fingerprint density at radius 1 is 0.952 bits per heavy atom. The summed E-state index contributed by atoms with van der Waals surface area (Å²) in [6, 6.07) is 17.5. The molecule has 2 unspecified atom stereocenters. The largest absolute Gasteiger partial charge is 0.304 e. The minimum Gasteiger partial charge on any atom is -0.304 e. The second-order valence-electron chi connectivity index (χ2n) is 5.62. The monoisotopic (exact) mass is 301 g/mol. The second-order valence-corrected chi connectivity index (χ2v) is 6.03. The lowest BCUT2D eigenvalue weighted by Crippen LogP contribution is -2.22. The molecule has 2 heteroatoms. The summed E-state index contributed by atoms with van der Waals surface area (Å²) in [5, 5.41) is 4.44. The Morgan fingerprint density at radius 3 is 2.24 bits per heavy atom. The van der Waals surface area contributed by atoms with Crippen molar-refractivity contribution in [2.45, 2.75) is 45.7 Å². The van der Waals surface area contributed by atoms with Crippen LogP contribution in [0.25, 0.3) is 0 Å². The molecule has 2 aromatic carbocycles. The third-order valence-electron chi connectivity index (χ3n) is 3.89. The summed E-state index contributed by atoms with van der Waals surface area (Å²) in [7, 11) is 0. The fourth-order valence-electron chi connectivity index (χ4n) is 2.65. The molecule has 0 aliphatic carbocycles. The molecule has 1 nitrogen and oxygen atoms in total. The number of benzene rings is 2. The molecule has 0 saturated heterocycles. The van der Waals surface area contributed by atoms with Gasteiger partial charge in [-0.2, -0.15) is 0 Å². The van der Waals surface area contributed by atoms with Crippen molar-refractivity contribution in [3.63, 3.8) is 0 Å². The average Bonchev–Trinajstić information content (AvgIpc) is 2.48. The van der Waals surface area contributed by atoms with E-state index in [-0.39, 0.29) is 6.04 Å². The molecule has 0 amide bonds. The molecule has 1 N–H and O–H groups in total. The first-order valence-electron chi connectivity index (χ1n) is 7.71. The number of rotatable bonds is 6. The van der Waals surface area contributed by atoms with E-state index in [9.17, 15) is 0 Å². The van der Waals surface area contributed by atoms with Crippen molar-refractivity contribution in [3.05, 3.63) is 70.2 Å². The van der Waals surface area contributed by atoms with Crippen molar-refractivity contribution in [1.29, 1.82) is 0 Å². The van der Waals surface area contributed by atoms with Crippen LogP contribution < -0.4 is 5.32 Å². The van der Waals surface area contributed by atoms with Gasteiger partial charge in [-0.1, -0.05) is 67.4 Å². The summed E-state index contributed by atoms with van der Waals surface area (Å²) in [4.78, 5) is 0. The highest BCUT2D eigenvalue weighted by atomic mass is 35.5. The van der Waals surface area contributed by atoms with Crippen LogP contribution in [-0.2, 0) is 6.42 Å². The van der Waals surface area contributed by atoms with Crippen LogP contribution in [0.15, 0.2) is 48.5 Å². The molecule has 0 spiro atoms. The highest BCUT2D eigenvalue weighted by Gasteiger charge is 2.13. The molecule has 112 valence electrons. The van der Waals surface area contributed by atoms with E-state index in [1.165, 1.54) is 17.5 Å². The Labute approximate surface area is 133 Å². The minimum atomic E-state index is 0.226. The molecule has 0 aliphatic rings. The van der Waals surface area contributed by atoms with E-state index in [4.69, 9.17) is 11.6 Å². The van der Waals surface area contributed by atoms with E-state index < -0.39 is 0 Å². The van der Waals surface area contributed by atoms with Crippen LogP contribution in [0.2, 0.25) is 5.02 Å². The Morgan fingerprint density at radius 2 is 1.62 bits per heavy atom.